The average Bonchev–Trinajstić information content (AvgIpc) is 3.25. The number of carbonyl (C=O) groups excluding carboxylic acids is 1. The van der Waals surface area contributed by atoms with E-state index in [1.54, 1.807) is 0 Å². The predicted molar refractivity (Wildman–Crippen MR) is 131 cm³/mol. The van der Waals surface area contributed by atoms with Crippen molar-refractivity contribution in [1.82, 2.24) is 15.0 Å². The first-order valence-corrected chi connectivity index (χ1v) is 13.0. The second-order valence-corrected chi connectivity index (χ2v) is 10.6. The molecule has 176 valence electrons. The molecule has 0 unspecified atom stereocenters. The van der Waals surface area contributed by atoms with Crippen molar-refractivity contribution in [1.29, 1.82) is 0 Å². The number of thiazole rings is 1. The predicted octanol–water partition coefficient (Wildman–Crippen LogP) is 3.64. The van der Waals surface area contributed by atoms with Crippen LogP contribution >= 0.6 is 23.1 Å². The maximum Gasteiger partial charge on any atom is 0.321 e. The first-order chi connectivity index (χ1) is 16.4. The van der Waals surface area contributed by atoms with Crippen LogP contribution in [0.5, 0.6) is 11.9 Å². The minimum atomic E-state index is -3.94. The lowest BCUT2D eigenvalue weighted by Gasteiger charge is -2.10. The van der Waals surface area contributed by atoms with Crippen LogP contribution in [0.1, 0.15) is 0 Å². The van der Waals surface area contributed by atoms with Crippen LogP contribution in [0.25, 0.3) is 10.2 Å². The zero-order valence-electron chi connectivity index (χ0n) is 18.0. The van der Waals surface area contributed by atoms with Crippen molar-refractivity contribution in [2.24, 2.45) is 0 Å². The van der Waals surface area contributed by atoms with Crippen LogP contribution in [0.2, 0.25) is 0 Å². The molecular weight excluding hydrogens is 498 g/mol. The molecule has 4 rings (SSSR count). The maximum atomic E-state index is 12.7. The summed E-state index contributed by atoms with van der Waals surface area (Å²) in [6, 6.07) is 14.9. The Morgan fingerprint density at radius 3 is 2.50 bits per heavy atom. The summed E-state index contributed by atoms with van der Waals surface area (Å²) in [6.45, 7) is 0. The molecule has 2 aromatic heterocycles. The SMILES string of the molecule is COc1cc(NS(=O)(=O)c2ccc(NC(=O)CSc3nc4ccccc4s3)cc2)nc(OC)n1. The molecule has 2 heterocycles. The van der Waals surface area contributed by atoms with Crippen LogP contribution in [0.4, 0.5) is 11.5 Å². The molecule has 34 heavy (non-hydrogen) atoms. The number of hydrogen-bond donors (Lipinski definition) is 2. The summed E-state index contributed by atoms with van der Waals surface area (Å²) in [4.78, 5) is 24.7. The highest BCUT2D eigenvalue weighted by molar-refractivity contribution is 8.01. The number of amides is 1. The largest absolute Gasteiger partial charge is 0.481 e. The zero-order chi connectivity index (χ0) is 24.1. The Morgan fingerprint density at radius 1 is 1.03 bits per heavy atom. The quantitative estimate of drug-likeness (QED) is 0.319. The molecule has 0 spiro atoms. The Bertz CT molecular complexity index is 1370. The monoisotopic (exact) mass is 517 g/mol. The average molecular weight is 518 g/mol. The molecule has 0 aliphatic heterocycles. The van der Waals surface area contributed by atoms with Crippen LogP contribution in [-0.4, -0.2) is 49.2 Å². The number of hydrogen-bond acceptors (Lipinski definition) is 10. The molecular formula is C21H19N5O5S3. The van der Waals surface area contributed by atoms with Gasteiger partial charge in [-0.05, 0) is 36.4 Å². The molecule has 10 nitrogen and oxygen atoms in total. The van der Waals surface area contributed by atoms with Crippen molar-refractivity contribution in [3.63, 3.8) is 0 Å². The Morgan fingerprint density at radius 2 is 1.79 bits per heavy atom. The summed E-state index contributed by atoms with van der Waals surface area (Å²) in [5.74, 6) is 0.0937. The van der Waals surface area contributed by atoms with Gasteiger partial charge in [-0.25, -0.2) is 13.4 Å². The van der Waals surface area contributed by atoms with Crippen LogP contribution in [-0.2, 0) is 14.8 Å². The Labute approximate surface area is 203 Å². The molecule has 2 N–H and O–H groups in total. The van der Waals surface area contributed by atoms with Crippen LogP contribution in [0.3, 0.4) is 0 Å². The molecule has 2 aromatic carbocycles. The van der Waals surface area contributed by atoms with Gasteiger partial charge in [-0.3, -0.25) is 9.52 Å². The molecule has 4 aromatic rings. The molecule has 0 saturated carbocycles. The van der Waals surface area contributed by atoms with Gasteiger partial charge in [0.1, 0.15) is 0 Å². The third kappa shape index (κ3) is 5.73. The lowest BCUT2D eigenvalue weighted by atomic mass is 10.3. The van der Waals surface area contributed by atoms with E-state index in [9.17, 15) is 13.2 Å². The fourth-order valence-corrected chi connectivity index (χ4v) is 5.66. The third-order valence-electron chi connectivity index (χ3n) is 4.36. The van der Waals surface area contributed by atoms with Crippen molar-refractivity contribution < 1.29 is 22.7 Å². The highest BCUT2D eigenvalue weighted by Gasteiger charge is 2.17. The highest BCUT2D eigenvalue weighted by Crippen LogP contribution is 2.29. The number of para-hydroxylation sites is 1. The lowest BCUT2D eigenvalue weighted by Crippen LogP contribution is -2.16. The van der Waals surface area contributed by atoms with E-state index >= 15 is 0 Å². The summed E-state index contributed by atoms with van der Waals surface area (Å²) in [6.07, 6.45) is 0. The number of benzene rings is 2. The number of ether oxygens (including phenoxy) is 2. The van der Waals surface area contributed by atoms with E-state index in [1.807, 2.05) is 24.3 Å². The van der Waals surface area contributed by atoms with Gasteiger partial charge in [0.05, 0.1) is 35.1 Å². The number of nitrogens with zero attached hydrogens (tertiary/aromatic N) is 3. The molecule has 0 fully saturated rings. The second kappa shape index (κ2) is 10.2. The second-order valence-electron chi connectivity index (χ2n) is 6.70. The van der Waals surface area contributed by atoms with Crippen molar-refractivity contribution >= 4 is 60.8 Å². The number of methoxy groups -OCH3 is 2. The molecule has 13 heteroatoms. The number of rotatable bonds is 9. The highest BCUT2D eigenvalue weighted by atomic mass is 32.2. The standard InChI is InChI=1S/C21H19N5O5S3/c1-30-19-11-17(24-20(25-19)31-2)26-34(28,29)14-9-7-13(8-10-14)22-18(27)12-32-21-23-15-5-3-4-6-16(15)33-21/h3-11H,12H2,1-2H3,(H,22,27)(H,24,25,26). The van der Waals surface area contributed by atoms with Crippen LogP contribution in [0.15, 0.2) is 63.8 Å². The van der Waals surface area contributed by atoms with Crippen LogP contribution in [0, 0.1) is 0 Å². The van der Waals surface area contributed by atoms with Gasteiger partial charge in [0.25, 0.3) is 10.0 Å². The van der Waals surface area contributed by atoms with Crippen molar-refractivity contribution in [2.75, 3.05) is 30.0 Å². The van der Waals surface area contributed by atoms with Gasteiger partial charge >= 0.3 is 6.01 Å². The maximum absolute atomic E-state index is 12.7. The van der Waals surface area contributed by atoms with E-state index in [4.69, 9.17) is 9.47 Å². The number of carbonyl (C=O) groups is 1. The van der Waals surface area contributed by atoms with Gasteiger partial charge in [-0.15, -0.1) is 11.3 Å². The summed E-state index contributed by atoms with van der Waals surface area (Å²) >= 11 is 2.87. The molecule has 0 aliphatic carbocycles. The Balaban J connectivity index is 1.37. The normalized spacial score (nSPS) is 11.2. The zero-order valence-corrected chi connectivity index (χ0v) is 20.5. The summed E-state index contributed by atoms with van der Waals surface area (Å²) < 4.78 is 39.6. The van der Waals surface area contributed by atoms with E-state index in [2.05, 4.69) is 25.0 Å². The lowest BCUT2D eigenvalue weighted by molar-refractivity contribution is -0.113. The van der Waals surface area contributed by atoms with Gasteiger partial charge in [0.2, 0.25) is 11.8 Å². The smallest absolute Gasteiger partial charge is 0.321 e. The third-order valence-corrected chi connectivity index (χ3v) is 7.91. The van der Waals surface area contributed by atoms with E-state index in [1.165, 1.54) is 67.7 Å². The van der Waals surface area contributed by atoms with Crippen LogP contribution < -0.4 is 19.5 Å². The number of anilines is 2. The van der Waals surface area contributed by atoms with Gasteiger partial charge in [0.15, 0.2) is 10.2 Å². The Kier molecular flexibility index (Phi) is 7.14. The summed E-state index contributed by atoms with van der Waals surface area (Å²) in [7, 11) is -1.19. The number of aromatic nitrogens is 3. The van der Waals surface area contributed by atoms with Gasteiger partial charge in [-0.1, -0.05) is 23.9 Å². The number of nitrogens with one attached hydrogen (secondary N) is 2. The van der Waals surface area contributed by atoms with Gasteiger partial charge < -0.3 is 14.8 Å². The fraction of sp³-hybridized carbons (Fsp3) is 0.143. The van der Waals surface area contributed by atoms with Crippen molar-refractivity contribution in [3.05, 3.63) is 54.6 Å². The van der Waals surface area contributed by atoms with Gasteiger partial charge in [-0.2, -0.15) is 9.97 Å². The molecule has 0 radical (unpaired) electrons. The summed E-state index contributed by atoms with van der Waals surface area (Å²) in [5.41, 5.74) is 1.37. The van der Waals surface area contributed by atoms with Gasteiger partial charge in [0, 0.05) is 11.8 Å². The number of thioether (sulfide) groups is 1. The summed E-state index contributed by atoms with van der Waals surface area (Å²) in [5, 5.41) is 2.75. The molecule has 0 saturated heterocycles. The number of sulfonamides is 1. The minimum Gasteiger partial charge on any atom is -0.481 e. The first kappa shape index (κ1) is 23.7. The van der Waals surface area contributed by atoms with E-state index in [0.29, 0.717) is 5.69 Å². The molecule has 0 bridgehead atoms. The molecule has 1 amide bonds. The van der Waals surface area contributed by atoms with Crippen molar-refractivity contribution in [2.45, 2.75) is 9.24 Å². The number of fused-ring (bicyclic) bond motifs is 1. The van der Waals surface area contributed by atoms with E-state index < -0.39 is 10.0 Å². The fourth-order valence-electron chi connectivity index (χ4n) is 2.80. The first-order valence-electron chi connectivity index (χ1n) is 9.74. The van der Waals surface area contributed by atoms with Crippen molar-refractivity contribution in [3.8, 4) is 11.9 Å². The van der Waals surface area contributed by atoms with E-state index in [0.717, 1.165) is 14.6 Å². The topological polar surface area (TPSA) is 132 Å². The molecule has 0 atom stereocenters. The molecule has 0 aliphatic rings. The Hall–Kier alpha value is -3.42. The minimum absolute atomic E-state index is 0.00653. The van der Waals surface area contributed by atoms with E-state index in [-0.39, 0.29) is 34.3 Å².